The molecule has 1 N–H and O–H groups in total. The summed E-state index contributed by atoms with van der Waals surface area (Å²) >= 11 is 0. The molecular formula is C28H36N2O7. The molecule has 1 saturated heterocycles. The van der Waals surface area contributed by atoms with Gasteiger partial charge in [-0.1, -0.05) is 19.1 Å². The lowest BCUT2D eigenvalue weighted by Gasteiger charge is -2.27. The summed E-state index contributed by atoms with van der Waals surface area (Å²) in [7, 11) is 8.38. The molecule has 0 radical (unpaired) electrons. The zero-order valence-electron chi connectivity index (χ0n) is 22.4. The highest BCUT2D eigenvalue weighted by atomic mass is 16.5. The molecule has 0 saturated carbocycles. The number of carbonyl (C=O) groups excluding carboxylic acids is 2. The van der Waals surface area contributed by atoms with Crippen LogP contribution in [0.15, 0.2) is 42.0 Å². The SMILES string of the molecule is CCCOc1cccc(/C(O)=C2\C(=O)C(=O)N(CCCN(C)C)C2c2cc(OC)c(OC)c(OC)c2)c1. The number of likely N-dealkylation sites (tertiary alicyclic amines) is 1. The van der Waals surface area contributed by atoms with E-state index in [1.165, 1.54) is 26.2 Å². The van der Waals surface area contributed by atoms with Gasteiger partial charge in [0.1, 0.15) is 11.5 Å². The Bertz CT molecular complexity index is 1130. The molecule has 2 aromatic carbocycles. The number of aliphatic hydroxyl groups excluding tert-OH is 1. The van der Waals surface area contributed by atoms with Crippen molar-refractivity contribution in [3.8, 4) is 23.0 Å². The molecule has 9 heteroatoms. The predicted octanol–water partition coefficient (Wildman–Crippen LogP) is 3.87. The summed E-state index contributed by atoms with van der Waals surface area (Å²) in [5, 5.41) is 11.4. The van der Waals surface area contributed by atoms with Gasteiger partial charge in [0.2, 0.25) is 5.75 Å². The van der Waals surface area contributed by atoms with Crippen LogP contribution in [-0.2, 0) is 9.59 Å². The van der Waals surface area contributed by atoms with E-state index < -0.39 is 17.7 Å². The fourth-order valence-electron chi connectivity index (χ4n) is 4.38. The number of amides is 1. The molecule has 3 rings (SSSR count). The third kappa shape index (κ3) is 5.99. The highest BCUT2D eigenvalue weighted by Gasteiger charge is 2.46. The van der Waals surface area contributed by atoms with E-state index in [0.29, 0.717) is 53.7 Å². The summed E-state index contributed by atoms with van der Waals surface area (Å²) in [6.07, 6.45) is 1.47. The maximum Gasteiger partial charge on any atom is 0.295 e. The van der Waals surface area contributed by atoms with E-state index in [4.69, 9.17) is 18.9 Å². The van der Waals surface area contributed by atoms with E-state index in [-0.39, 0.29) is 11.3 Å². The summed E-state index contributed by atoms with van der Waals surface area (Å²) in [4.78, 5) is 30.1. The Kier molecular flexibility index (Phi) is 9.41. The number of hydrogen-bond donors (Lipinski definition) is 1. The molecule has 0 bridgehead atoms. The standard InChI is InChI=1S/C28H36N2O7/c1-7-14-37-20-11-8-10-18(15-20)25(31)23-24(30(28(33)26(23)32)13-9-12-29(2)3)19-16-21(34-4)27(36-6)22(17-19)35-5/h8,10-11,15-17,24,31H,7,9,12-14H2,1-6H3/b25-23+. The van der Waals surface area contributed by atoms with Gasteiger partial charge in [-0.15, -0.1) is 0 Å². The molecular weight excluding hydrogens is 476 g/mol. The van der Waals surface area contributed by atoms with Crippen LogP contribution in [0.2, 0.25) is 0 Å². The van der Waals surface area contributed by atoms with E-state index in [1.54, 1.807) is 36.4 Å². The first-order valence-corrected chi connectivity index (χ1v) is 12.2. The number of hydrogen-bond acceptors (Lipinski definition) is 8. The minimum Gasteiger partial charge on any atom is -0.507 e. The lowest BCUT2D eigenvalue weighted by atomic mass is 9.94. The summed E-state index contributed by atoms with van der Waals surface area (Å²) in [6.45, 7) is 3.56. The normalized spacial score (nSPS) is 16.8. The first-order valence-electron chi connectivity index (χ1n) is 12.2. The van der Waals surface area contributed by atoms with Crippen LogP contribution in [0.25, 0.3) is 5.76 Å². The maximum atomic E-state index is 13.4. The van der Waals surface area contributed by atoms with Crippen LogP contribution >= 0.6 is 0 Å². The van der Waals surface area contributed by atoms with Gasteiger partial charge < -0.3 is 33.9 Å². The van der Waals surface area contributed by atoms with Gasteiger partial charge >= 0.3 is 0 Å². The monoisotopic (exact) mass is 512 g/mol. The number of carbonyl (C=O) groups is 2. The van der Waals surface area contributed by atoms with Crippen molar-refractivity contribution < 1.29 is 33.6 Å². The van der Waals surface area contributed by atoms with Gasteiger partial charge in [0.05, 0.1) is 39.6 Å². The zero-order valence-corrected chi connectivity index (χ0v) is 22.4. The van der Waals surface area contributed by atoms with Crippen molar-refractivity contribution in [3.63, 3.8) is 0 Å². The molecule has 1 amide bonds. The summed E-state index contributed by atoms with van der Waals surface area (Å²) in [5.74, 6) is 0.0264. The van der Waals surface area contributed by atoms with Gasteiger partial charge in [0.15, 0.2) is 11.5 Å². The Morgan fingerprint density at radius 3 is 2.27 bits per heavy atom. The number of Topliss-reactive ketones (excluding diaryl/α,β-unsaturated/α-hetero) is 1. The first kappa shape index (κ1) is 27.9. The largest absolute Gasteiger partial charge is 0.507 e. The molecule has 0 aliphatic carbocycles. The van der Waals surface area contributed by atoms with Gasteiger partial charge in [0, 0.05) is 12.1 Å². The molecule has 9 nitrogen and oxygen atoms in total. The van der Waals surface area contributed by atoms with Gasteiger partial charge in [-0.25, -0.2) is 0 Å². The lowest BCUT2D eigenvalue weighted by Crippen LogP contribution is -2.32. The quantitative estimate of drug-likeness (QED) is 0.260. The van der Waals surface area contributed by atoms with E-state index in [2.05, 4.69) is 0 Å². The molecule has 1 aliphatic heterocycles. The molecule has 0 aromatic heterocycles. The molecule has 1 heterocycles. The fourth-order valence-corrected chi connectivity index (χ4v) is 4.38. The fraction of sp³-hybridized carbons (Fsp3) is 0.429. The molecule has 1 aliphatic rings. The van der Waals surface area contributed by atoms with Crippen molar-refractivity contribution in [2.45, 2.75) is 25.8 Å². The molecule has 1 unspecified atom stereocenters. The summed E-state index contributed by atoms with van der Waals surface area (Å²) in [5.41, 5.74) is 0.938. The molecule has 0 spiro atoms. The van der Waals surface area contributed by atoms with E-state index in [9.17, 15) is 14.7 Å². The van der Waals surface area contributed by atoms with E-state index in [0.717, 1.165) is 13.0 Å². The van der Waals surface area contributed by atoms with Crippen molar-refractivity contribution in [1.82, 2.24) is 9.80 Å². The van der Waals surface area contributed by atoms with Gasteiger partial charge in [-0.05, 0) is 63.3 Å². The van der Waals surface area contributed by atoms with Crippen molar-refractivity contribution in [1.29, 1.82) is 0 Å². The molecule has 1 atom stereocenters. The Morgan fingerprint density at radius 2 is 1.70 bits per heavy atom. The number of aliphatic hydroxyl groups is 1. The van der Waals surface area contributed by atoms with Crippen LogP contribution in [0.5, 0.6) is 23.0 Å². The van der Waals surface area contributed by atoms with Gasteiger partial charge in [-0.2, -0.15) is 0 Å². The van der Waals surface area contributed by atoms with Crippen molar-refractivity contribution in [3.05, 3.63) is 53.1 Å². The Balaban J connectivity index is 2.19. The van der Waals surface area contributed by atoms with Crippen molar-refractivity contribution in [2.24, 2.45) is 0 Å². The molecule has 1 fully saturated rings. The molecule has 200 valence electrons. The lowest BCUT2D eigenvalue weighted by molar-refractivity contribution is -0.139. The van der Waals surface area contributed by atoms with Gasteiger partial charge in [-0.3, -0.25) is 9.59 Å². The maximum absolute atomic E-state index is 13.4. The van der Waals surface area contributed by atoms with Crippen LogP contribution in [-0.4, -0.2) is 81.7 Å². The number of ether oxygens (including phenoxy) is 4. The first-order chi connectivity index (χ1) is 17.8. The zero-order chi connectivity index (χ0) is 27.1. The second kappa shape index (κ2) is 12.5. The third-order valence-electron chi connectivity index (χ3n) is 6.13. The van der Waals surface area contributed by atoms with Crippen molar-refractivity contribution >= 4 is 17.4 Å². The minimum absolute atomic E-state index is 0.00299. The minimum atomic E-state index is -0.851. The average molecular weight is 513 g/mol. The molecule has 37 heavy (non-hydrogen) atoms. The number of ketones is 1. The Labute approximate surface area is 218 Å². The van der Waals surface area contributed by atoms with E-state index >= 15 is 0 Å². The topological polar surface area (TPSA) is 97.8 Å². The number of rotatable bonds is 12. The van der Waals surface area contributed by atoms with Gasteiger partial charge in [0.25, 0.3) is 11.7 Å². The summed E-state index contributed by atoms with van der Waals surface area (Å²) in [6, 6.07) is 9.41. The van der Waals surface area contributed by atoms with Crippen LogP contribution in [0, 0.1) is 0 Å². The van der Waals surface area contributed by atoms with Crippen LogP contribution in [0.1, 0.15) is 36.9 Å². The van der Waals surface area contributed by atoms with E-state index in [1.807, 2.05) is 25.9 Å². The highest BCUT2D eigenvalue weighted by Crippen LogP contribution is 2.45. The number of nitrogens with zero attached hydrogens (tertiary/aromatic N) is 2. The van der Waals surface area contributed by atoms with Crippen LogP contribution in [0.3, 0.4) is 0 Å². The predicted molar refractivity (Wildman–Crippen MR) is 141 cm³/mol. The second-order valence-electron chi connectivity index (χ2n) is 8.98. The average Bonchev–Trinajstić information content (AvgIpc) is 3.15. The Hall–Kier alpha value is -3.72. The summed E-state index contributed by atoms with van der Waals surface area (Å²) < 4.78 is 22.2. The third-order valence-corrected chi connectivity index (χ3v) is 6.13. The number of methoxy groups -OCH3 is 3. The Morgan fingerprint density at radius 1 is 1.03 bits per heavy atom. The van der Waals surface area contributed by atoms with Crippen molar-refractivity contribution in [2.75, 3.05) is 55.1 Å². The molecule has 2 aromatic rings. The highest BCUT2D eigenvalue weighted by molar-refractivity contribution is 6.46. The smallest absolute Gasteiger partial charge is 0.295 e. The van der Waals surface area contributed by atoms with Crippen LogP contribution in [0.4, 0.5) is 0 Å². The second-order valence-corrected chi connectivity index (χ2v) is 8.98. The van der Waals surface area contributed by atoms with Crippen LogP contribution < -0.4 is 18.9 Å². The number of benzene rings is 2.